The highest BCUT2D eigenvalue weighted by molar-refractivity contribution is 5.33. The van der Waals surface area contributed by atoms with E-state index in [-0.39, 0.29) is 12.5 Å². The van der Waals surface area contributed by atoms with E-state index in [9.17, 15) is 5.11 Å². The lowest BCUT2D eigenvalue weighted by Crippen LogP contribution is -2.21. The molecule has 0 saturated carbocycles. The van der Waals surface area contributed by atoms with Crippen LogP contribution in [0.4, 0.5) is 0 Å². The first-order valence-corrected chi connectivity index (χ1v) is 6.50. The molecule has 2 unspecified atom stereocenters. The Morgan fingerprint density at radius 3 is 2.47 bits per heavy atom. The summed E-state index contributed by atoms with van der Waals surface area (Å²) >= 11 is 0. The molecule has 96 valence electrons. The third-order valence-corrected chi connectivity index (χ3v) is 3.57. The fraction of sp³-hybridized carbons (Fsp3) is 0.600. The highest BCUT2D eigenvalue weighted by Gasteiger charge is 2.16. The molecule has 17 heavy (non-hydrogen) atoms. The molecule has 0 bridgehead atoms. The lowest BCUT2D eigenvalue weighted by atomic mass is 9.84. The number of hydrogen-bond donors (Lipinski definition) is 2. The van der Waals surface area contributed by atoms with Gasteiger partial charge in [-0.2, -0.15) is 0 Å². The van der Waals surface area contributed by atoms with Gasteiger partial charge in [0.2, 0.25) is 0 Å². The number of hydrogen-bond acceptors (Lipinski definition) is 2. The molecular formula is C15H25NO. The summed E-state index contributed by atoms with van der Waals surface area (Å²) < 4.78 is 0. The summed E-state index contributed by atoms with van der Waals surface area (Å²) in [6, 6.07) is 6.62. The van der Waals surface area contributed by atoms with Gasteiger partial charge in [-0.25, -0.2) is 0 Å². The molecule has 0 radical (unpaired) electrons. The van der Waals surface area contributed by atoms with Gasteiger partial charge >= 0.3 is 0 Å². The van der Waals surface area contributed by atoms with Crippen LogP contribution in [0.1, 0.15) is 42.4 Å². The van der Waals surface area contributed by atoms with Crippen LogP contribution in [-0.2, 0) is 0 Å². The molecule has 0 saturated heterocycles. The zero-order valence-corrected chi connectivity index (χ0v) is 11.2. The lowest BCUT2D eigenvalue weighted by Gasteiger charge is -2.22. The second-order valence-electron chi connectivity index (χ2n) is 4.99. The number of benzene rings is 1. The molecule has 0 fully saturated rings. The molecule has 2 atom stereocenters. The van der Waals surface area contributed by atoms with E-state index in [0.717, 1.165) is 12.8 Å². The van der Waals surface area contributed by atoms with E-state index in [1.807, 2.05) is 0 Å². The molecule has 1 aromatic rings. The highest BCUT2D eigenvalue weighted by atomic mass is 16.3. The Morgan fingerprint density at radius 2 is 2.00 bits per heavy atom. The van der Waals surface area contributed by atoms with Crippen LogP contribution in [0.2, 0.25) is 0 Å². The third-order valence-electron chi connectivity index (χ3n) is 3.57. The van der Waals surface area contributed by atoms with Crippen molar-refractivity contribution in [1.29, 1.82) is 0 Å². The van der Waals surface area contributed by atoms with Gasteiger partial charge < -0.3 is 10.8 Å². The second kappa shape index (κ2) is 6.77. The molecule has 0 aliphatic carbocycles. The smallest absolute Gasteiger partial charge is 0.0471 e. The van der Waals surface area contributed by atoms with E-state index in [1.54, 1.807) is 0 Å². The van der Waals surface area contributed by atoms with Crippen LogP contribution < -0.4 is 5.73 Å². The molecule has 0 aromatic heterocycles. The maximum Gasteiger partial charge on any atom is 0.0471 e. The van der Waals surface area contributed by atoms with Crippen LogP contribution >= 0.6 is 0 Å². The fourth-order valence-electron chi connectivity index (χ4n) is 2.44. The second-order valence-corrected chi connectivity index (χ2v) is 4.99. The molecule has 3 N–H and O–H groups in total. The Labute approximate surface area is 105 Å². The third kappa shape index (κ3) is 3.83. The van der Waals surface area contributed by atoms with E-state index in [0.29, 0.717) is 12.5 Å². The first-order valence-electron chi connectivity index (χ1n) is 6.50. The molecule has 2 nitrogen and oxygen atoms in total. The Kier molecular flexibility index (Phi) is 5.66. The zero-order chi connectivity index (χ0) is 12.8. The van der Waals surface area contributed by atoms with Crippen LogP contribution in [0, 0.1) is 19.8 Å². The SMILES string of the molecule is CCC(CC(CN)CO)c1ccc(C)cc1C. The zero-order valence-electron chi connectivity index (χ0n) is 11.2. The topological polar surface area (TPSA) is 46.2 Å². The molecule has 0 aliphatic heterocycles. The minimum Gasteiger partial charge on any atom is -0.396 e. The summed E-state index contributed by atoms with van der Waals surface area (Å²) in [6.07, 6.45) is 2.08. The van der Waals surface area contributed by atoms with Gasteiger partial charge in [-0.1, -0.05) is 30.7 Å². The summed E-state index contributed by atoms with van der Waals surface area (Å²) in [6.45, 7) is 7.25. The van der Waals surface area contributed by atoms with Crippen molar-refractivity contribution < 1.29 is 5.11 Å². The van der Waals surface area contributed by atoms with Crippen molar-refractivity contribution in [3.8, 4) is 0 Å². The van der Waals surface area contributed by atoms with Crippen LogP contribution in [0.5, 0.6) is 0 Å². The van der Waals surface area contributed by atoms with Gasteiger partial charge in [0.1, 0.15) is 0 Å². The number of aliphatic hydroxyl groups excluding tert-OH is 1. The van der Waals surface area contributed by atoms with Gasteiger partial charge in [0.05, 0.1) is 0 Å². The van der Waals surface area contributed by atoms with Gasteiger partial charge in [0.15, 0.2) is 0 Å². The van der Waals surface area contributed by atoms with E-state index in [2.05, 4.69) is 39.0 Å². The predicted molar refractivity (Wildman–Crippen MR) is 73.2 cm³/mol. The van der Waals surface area contributed by atoms with Crippen molar-refractivity contribution in [2.45, 2.75) is 39.5 Å². The van der Waals surface area contributed by atoms with Gasteiger partial charge in [0.25, 0.3) is 0 Å². The minimum atomic E-state index is 0.192. The number of aliphatic hydroxyl groups is 1. The van der Waals surface area contributed by atoms with Crippen molar-refractivity contribution in [3.05, 3.63) is 34.9 Å². The van der Waals surface area contributed by atoms with Crippen LogP contribution in [-0.4, -0.2) is 18.3 Å². The van der Waals surface area contributed by atoms with E-state index in [4.69, 9.17) is 5.73 Å². The molecule has 1 aromatic carbocycles. The Balaban J connectivity index is 2.85. The van der Waals surface area contributed by atoms with Crippen molar-refractivity contribution in [2.24, 2.45) is 11.7 Å². The maximum absolute atomic E-state index is 9.25. The molecular weight excluding hydrogens is 210 g/mol. The van der Waals surface area contributed by atoms with Crippen molar-refractivity contribution >= 4 is 0 Å². The summed E-state index contributed by atoms with van der Waals surface area (Å²) in [7, 11) is 0. The van der Waals surface area contributed by atoms with Gasteiger partial charge in [0, 0.05) is 6.61 Å². The first-order chi connectivity index (χ1) is 8.12. The number of nitrogens with two attached hydrogens (primary N) is 1. The first kappa shape index (κ1) is 14.2. The summed E-state index contributed by atoms with van der Waals surface area (Å²) in [4.78, 5) is 0. The van der Waals surface area contributed by atoms with Crippen molar-refractivity contribution in [2.75, 3.05) is 13.2 Å². The van der Waals surface area contributed by atoms with Crippen molar-refractivity contribution in [3.63, 3.8) is 0 Å². The summed E-state index contributed by atoms with van der Waals surface area (Å²) in [5.74, 6) is 0.733. The lowest BCUT2D eigenvalue weighted by molar-refractivity contribution is 0.214. The molecule has 0 amide bonds. The normalized spacial score (nSPS) is 14.6. The van der Waals surface area contributed by atoms with Crippen molar-refractivity contribution in [1.82, 2.24) is 0 Å². The van der Waals surface area contributed by atoms with Gasteiger partial charge in [-0.05, 0) is 56.2 Å². The molecule has 2 heteroatoms. The van der Waals surface area contributed by atoms with E-state index < -0.39 is 0 Å². The van der Waals surface area contributed by atoms with Gasteiger partial charge in [-0.3, -0.25) is 0 Å². The minimum absolute atomic E-state index is 0.192. The van der Waals surface area contributed by atoms with Crippen LogP contribution in [0.3, 0.4) is 0 Å². The molecule has 0 spiro atoms. The molecule has 1 rings (SSSR count). The maximum atomic E-state index is 9.25. The largest absolute Gasteiger partial charge is 0.396 e. The Hall–Kier alpha value is -0.860. The molecule has 0 heterocycles. The number of rotatable bonds is 6. The van der Waals surface area contributed by atoms with Crippen LogP contribution in [0.15, 0.2) is 18.2 Å². The summed E-state index contributed by atoms with van der Waals surface area (Å²) in [5, 5.41) is 9.25. The predicted octanol–water partition coefficient (Wildman–Crippen LogP) is 2.75. The average Bonchev–Trinajstić information content (AvgIpc) is 2.32. The molecule has 0 aliphatic rings. The number of aryl methyl sites for hydroxylation is 2. The quantitative estimate of drug-likeness (QED) is 0.796. The van der Waals surface area contributed by atoms with E-state index in [1.165, 1.54) is 16.7 Å². The average molecular weight is 235 g/mol. The van der Waals surface area contributed by atoms with Crippen LogP contribution in [0.25, 0.3) is 0 Å². The standard InChI is InChI=1S/C15H25NO/c1-4-14(8-13(9-16)10-17)15-6-5-11(2)7-12(15)3/h5-7,13-14,17H,4,8-10,16H2,1-3H3. The Bertz CT molecular complexity index is 345. The highest BCUT2D eigenvalue weighted by Crippen LogP contribution is 2.29. The monoisotopic (exact) mass is 235 g/mol. The fourth-order valence-corrected chi connectivity index (χ4v) is 2.44. The van der Waals surface area contributed by atoms with Gasteiger partial charge in [-0.15, -0.1) is 0 Å². The summed E-state index contributed by atoms with van der Waals surface area (Å²) in [5.41, 5.74) is 9.73. The Morgan fingerprint density at radius 1 is 1.29 bits per heavy atom. The van der Waals surface area contributed by atoms with E-state index >= 15 is 0 Å².